The maximum atomic E-state index is 13.0. The summed E-state index contributed by atoms with van der Waals surface area (Å²) in [4.78, 5) is 0. The largest absolute Gasteiger partial charge is 0.496 e. The van der Waals surface area contributed by atoms with E-state index in [-0.39, 0.29) is 0 Å². The second-order valence-corrected chi connectivity index (χ2v) is 5.91. The molecule has 25 heavy (non-hydrogen) atoms. The Labute approximate surface area is 146 Å². The van der Waals surface area contributed by atoms with Crippen LogP contribution in [-0.4, -0.2) is 14.2 Å². The van der Waals surface area contributed by atoms with Crippen LogP contribution < -0.4 is 9.47 Å². The van der Waals surface area contributed by atoms with E-state index in [4.69, 9.17) is 9.47 Å². The Balaban J connectivity index is 2.49. The van der Waals surface area contributed by atoms with Gasteiger partial charge in [-0.15, -0.1) is 0 Å². The van der Waals surface area contributed by atoms with Gasteiger partial charge in [-0.05, 0) is 48.2 Å². The number of alkyl halides is 3. The minimum atomic E-state index is -4.39. The highest BCUT2D eigenvalue weighted by Crippen LogP contribution is 2.41. The summed E-state index contributed by atoms with van der Waals surface area (Å²) in [6, 6.07) is 8.97. The summed E-state index contributed by atoms with van der Waals surface area (Å²) in [5.74, 6) is 1.04. The number of aryl methyl sites for hydroxylation is 1. The molecule has 0 aliphatic rings. The highest BCUT2D eigenvalue weighted by atomic mass is 19.4. The standard InChI is InChI=1S/C20H23F3O2/c1-4-5-6-8-14-11-17(24-2)19(18(12-14)25-3)15-9-7-10-16(13-15)20(21,22)23/h7,9-13H,4-6,8H2,1-3H3. The summed E-state index contributed by atoms with van der Waals surface area (Å²) >= 11 is 0. The van der Waals surface area contributed by atoms with E-state index in [9.17, 15) is 13.2 Å². The van der Waals surface area contributed by atoms with Crippen LogP contribution in [0.1, 0.15) is 37.3 Å². The molecule has 0 aromatic heterocycles. The number of ether oxygens (including phenoxy) is 2. The molecule has 0 atom stereocenters. The third-order valence-corrected chi connectivity index (χ3v) is 4.11. The van der Waals surface area contributed by atoms with Gasteiger partial charge in [0, 0.05) is 0 Å². The lowest BCUT2D eigenvalue weighted by Crippen LogP contribution is -2.05. The van der Waals surface area contributed by atoms with E-state index < -0.39 is 11.7 Å². The van der Waals surface area contributed by atoms with Crippen molar-refractivity contribution >= 4 is 0 Å². The number of halogens is 3. The Bertz CT molecular complexity index is 683. The van der Waals surface area contributed by atoms with E-state index in [1.54, 1.807) is 6.07 Å². The van der Waals surface area contributed by atoms with Gasteiger partial charge in [0.2, 0.25) is 0 Å². The van der Waals surface area contributed by atoms with Crippen LogP contribution >= 0.6 is 0 Å². The molecule has 0 N–H and O–H groups in total. The van der Waals surface area contributed by atoms with Gasteiger partial charge in [0.15, 0.2) is 0 Å². The van der Waals surface area contributed by atoms with Crippen LogP contribution in [0, 0.1) is 0 Å². The molecule has 0 heterocycles. The van der Waals surface area contributed by atoms with E-state index in [1.807, 2.05) is 12.1 Å². The van der Waals surface area contributed by atoms with Crippen LogP contribution in [0.4, 0.5) is 13.2 Å². The van der Waals surface area contributed by atoms with Crippen LogP contribution in [0.2, 0.25) is 0 Å². The van der Waals surface area contributed by atoms with Crippen molar-refractivity contribution in [1.29, 1.82) is 0 Å². The van der Waals surface area contributed by atoms with Gasteiger partial charge in [0.1, 0.15) is 11.5 Å². The molecule has 0 aliphatic carbocycles. The van der Waals surface area contributed by atoms with Gasteiger partial charge in [-0.25, -0.2) is 0 Å². The Morgan fingerprint density at radius 1 is 0.920 bits per heavy atom. The summed E-state index contributed by atoms with van der Waals surface area (Å²) in [5, 5.41) is 0. The number of rotatable bonds is 7. The summed E-state index contributed by atoms with van der Waals surface area (Å²) in [6.45, 7) is 2.14. The third-order valence-electron chi connectivity index (χ3n) is 4.11. The average Bonchev–Trinajstić information content (AvgIpc) is 2.60. The predicted molar refractivity (Wildman–Crippen MR) is 93.2 cm³/mol. The van der Waals surface area contributed by atoms with E-state index in [2.05, 4.69) is 6.92 Å². The second kappa shape index (κ2) is 8.28. The van der Waals surface area contributed by atoms with Crippen LogP contribution in [0.3, 0.4) is 0 Å². The van der Waals surface area contributed by atoms with Crippen molar-refractivity contribution in [3.63, 3.8) is 0 Å². The quantitative estimate of drug-likeness (QED) is 0.559. The van der Waals surface area contributed by atoms with Crippen LogP contribution in [0.5, 0.6) is 11.5 Å². The van der Waals surface area contributed by atoms with Gasteiger partial charge < -0.3 is 9.47 Å². The fourth-order valence-electron chi connectivity index (χ4n) is 2.83. The fourth-order valence-corrected chi connectivity index (χ4v) is 2.83. The van der Waals surface area contributed by atoms with Gasteiger partial charge in [-0.3, -0.25) is 0 Å². The zero-order valence-electron chi connectivity index (χ0n) is 14.7. The van der Waals surface area contributed by atoms with E-state index >= 15 is 0 Å². The van der Waals surface area contributed by atoms with Crippen molar-refractivity contribution in [2.75, 3.05) is 14.2 Å². The first-order valence-electron chi connectivity index (χ1n) is 8.33. The van der Waals surface area contributed by atoms with Crippen LogP contribution in [-0.2, 0) is 12.6 Å². The molecule has 0 amide bonds. The van der Waals surface area contributed by atoms with Gasteiger partial charge in [-0.2, -0.15) is 13.2 Å². The Morgan fingerprint density at radius 2 is 1.56 bits per heavy atom. The summed E-state index contributed by atoms with van der Waals surface area (Å²) < 4.78 is 50.0. The van der Waals surface area contributed by atoms with Crippen molar-refractivity contribution in [3.05, 3.63) is 47.5 Å². The first-order chi connectivity index (χ1) is 11.9. The maximum Gasteiger partial charge on any atom is 0.416 e. The van der Waals surface area contributed by atoms with E-state index in [1.165, 1.54) is 20.3 Å². The molecule has 2 aromatic rings. The zero-order valence-corrected chi connectivity index (χ0v) is 14.7. The summed E-state index contributed by atoms with van der Waals surface area (Å²) in [5.41, 5.74) is 1.32. The van der Waals surface area contributed by atoms with Crippen molar-refractivity contribution in [1.82, 2.24) is 0 Å². The van der Waals surface area contributed by atoms with E-state index in [0.29, 0.717) is 22.6 Å². The molecule has 0 bridgehead atoms. The topological polar surface area (TPSA) is 18.5 Å². The number of hydrogen-bond donors (Lipinski definition) is 0. The monoisotopic (exact) mass is 352 g/mol. The molecule has 0 spiro atoms. The molecular weight excluding hydrogens is 329 g/mol. The number of benzene rings is 2. The van der Waals surface area contributed by atoms with Crippen molar-refractivity contribution in [3.8, 4) is 22.6 Å². The first-order valence-corrected chi connectivity index (χ1v) is 8.33. The predicted octanol–water partition coefficient (Wildman–Crippen LogP) is 6.12. The summed E-state index contributed by atoms with van der Waals surface area (Å²) in [6.07, 6.45) is -0.220. The maximum absolute atomic E-state index is 13.0. The van der Waals surface area contributed by atoms with Gasteiger partial charge in [-0.1, -0.05) is 31.9 Å². The highest BCUT2D eigenvalue weighted by molar-refractivity contribution is 5.78. The van der Waals surface area contributed by atoms with E-state index in [0.717, 1.165) is 43.4 Å². The molecule has 0 radical (unpaired) electrons. The summed E-state index contributed by atoms with van der Waals surface area (Å²) in [7, 11) is 3.03. The number of methoxy groups -OCH3 is 2. The van der Waals surface area contributed by atoms with Crippen LogP contribution in [0.25, 0.3) is 11.1 Å². The minimum Gasteiger partial charge on any atom is -0.496 e. The van der Waals surface area contributed by atoms with Crippen molar-refractivity contribution in [2.24, 2.45) is 0 Å². The first kappa shape index (κ1) is 19.2. The van der Waals surface area contributed by atoms with Crippen LogP contribution in [0.15, 0.2) is 36.4 Å². The highest BCUT2D eigenvalue weighted by Gasteiger charge is 2.31. The number of unbranched alkanes of at least 4 members (excludes halogenated alkanes) is 2. The van der Waals surface area contributed by atoms with Gasteiger partial charge in [0.25, 0.3) is 0 Å². The average molecular weight is 352 g/mol. The lowest BCUT2D eigenvalue weighted by atomic mass is 9.97. The Kier molecular flexibility index (Phi) is 6.34. The fraction of sp³-hybridized carbons (Fsp3) is 0.400. The van der Waals surface area contributed by atoms with Crippen molar-refractivity contribution < 1.29 is 22.6 Å². The normalized spacial score (nSPS) is 11.4. The molecule has 0 fully saturated rings. The lowest BCUT2D eigenvalue weighted by molar-refractivity contribution is -0.137. The molecule has 0 saturated heterocycles. The molecule has 136 valence electrons. The SMILES string of the molecule is CCCCCc1cc(OC)c(-c2cccc(C(F)(F)F)c2)c(OC)c1. The molecule has 0 aliphatic heterocycles. The van der Waals surface area contributed by atoms with Gasteiger partial charge in [0.05, 0.1) is 25.3 Å². The molecule has 2 aromatic carbocycles. The number of hydrogen-bond acceptors (Lipinski definition) is 2. The minimum absolute atomic E-state index is 0.420. The molecular formula is C20H23F3O2. The molecule has 5 heteroatoms. The third kappa shape index (κ3) is 4.68. The smallest absolute Gasteiger partial charge is 0.416 e. The second-order valence-electron chi connectivity index (χ2n) is 5.91. The lowest BCUT2D eigenvalue weighted by Gasteiger charge is -2.17. The Morgan fingerprint density at radius 3 is 2.08 bits per heavy atom. The molecule has 0 saturated carbocycles. The molecule has 0 unspecified atom stereocenters. The zero-order chi connectivity index (χ0) is 18.4. The molecule has 2 rings (SSSR count). The Hall–Kier alpha value is -2.17. The van der Waals surface area contributed by atoms with Gasteiger partial charge >= 0.3 is 6.18 Å². The molecule has 2 nitrogen and oxygen atoms in total. The van der Waals surface area contributed by atoms with Crippen molar-refractivity contribution in [2.45, 2.75) is 38.8 Å².